The molecule has 10 heteroatoms. The lowest BCUT2D eigenvalue weighted by molar-refractivity contribution is -0.153. The average molecular weight is 1300 g/mol. The smallest absolute Gasteiger partial charge is 0.306 e. The van der Waals surface area contributed by atoms with Crippen LogP contribution in [0.1, 0.15) is 315 Å². The summed E-state index contributed by atoms with van der Waals surface area (Å²) in [4.78, 5) is 52.2. The van der Waals surface area contributed by atoms with E-state index < -0.39 is 0 Å². The maximum absolute atomic E-state index is 13.8. The first-order chi connectivity index (χ1) is 43.3. The van der Waals surface area contributed by atoms with Gasteiger partial charge in [0.25, 0.3) is 0 Å². The molecule has 1 aliphatic carbocycles. The van der Waals surface area contributed by atoms with Crippen molar-refractivity contribution < 1.29 is 28.7 Å². The number of allylic oxidation sites excluding steroid dienone is 5. The van der Waals surface area contributed by atoms with Crippen molar-refractivity contribution in [3.8, 4) is 0 Å². The summed E-state index contributed by atoms with van der Waals surface area (Å²) in [5.41, 5.74) is 5.00. The van der Waals surface area contributed by atoms with E-state index in [4.69, 9.17) is 14.3 Å². The van der Waals surface area contributed by atoms with Gasteiger partial charge in [0.2, 0.25) is 5.91 Å². The van der Waals surface area contributed by atoms with E-state index in [0.717, 1.165) is 94.0 Å². The molecular weight excluding hydrogens is 1170 g/mol. The molecule has 0 fully saturated rings. The fourth-order valence-electron chi connectivity index (χ4n) is 12.5. The Morgan fingerprint density at radius 3 is 1.63 bits per heavy atom. The molecule has 0 saturated heterocycles. The van der Waals surface area contributed by atoms with Crippen LogP contribution in [0, 0.1) is 17.8 Å². The van der Waals surface area contributed by atoms with Crippen molar-refractivity contribution >= 4 is 56.9 Å². The number of aromatic nitrogens is 1. The van der Waals surface area contributed by atoms with E-state index in [0.29, 0.717) is 56.5 Å². The first-order valence-corrected chi connectivity index (χ1v) is 37.4. The number of carbonyl (C=O) groups excluding carboxylic acids is 4. The fourth-order valence-corrected chi connectivity index (χ4v) is 13.3. The van der Waals surface area contributed by atoms with Crippen LogP contribution in [0.25, 0.3) is 16.5 Å². The monoisotopic (exact) mass is 1300 g/mol. The number of ether oxygens (including phenoxy) is 2. The molecule has 5 unspecified atom stereocenters. The van der Waals surface area contributed by atoms with Crippen LogP contribution >= 0.6 is 15.9 Å². The van der Waals surface area contributed by atoms with Gasteiger partial charge < -0.3 is 19.2 Å². The number of benzene rings is 1. The molecule has 0 amide bonds. The van der Waals surface area contributed by atoms with Crippen LogP contribution in [-0.4, -0.2) is 98.4 Å². The molecule has 89 heavy (non-hydrogen) atoms. The van der Waals surface area contributed by atoms with Crippen LogP contribution in [0.4, 0.5) is 0 Å². The van der Waals surface area contributed by atoms with E-state index in [2.05, 4.69) is 143 Å². The average Bonchev–Trinajstić information content (AvgIpc) is 1.66. The van der Waals surface area contributed by atoms with Crippen molar-refractivity contribution in [2.24, 2.45) is 17.8 Å². The minimum Gasteiger partial charge on any atom is -0.460 e. The molecule has 0 saturated carbocycles. The molecule has 0 spiro atoms. The maximum atomic E-state index is 13.8. The van der Waals surface area contributed by atoms with Gasteiger partial charge in [0.1, 0.15) is 18.7 Å². The predicted molar refractivity (Wildman–Crippen MR) is 388 cm³/mol. The molecule has 1 aromatic carbocycles. The molecule has 510 valence electrons. The summed E-state index contributed by atoms with van der Waals surface area (Å²) in [5.74, 6) is 1.04. The fraction of sp³-hybridized carbons (Fsp3) is 0.747. The van der Waals surface area contributed by atoms with Gasteiger partial charge in [0.15, 0.2) is 0 Å². The van der Waals surface area contributed by atoms with Gasteiger partial charge in [0, 0.05) is 50.8 Å². The van der Waals surface area contributed by atoms with Gasteiger partial charge in [-0.15, -0.1) is 6.58 Å². The highest BCUT2D eigenvalue weighted by Crippen LogP contribution is 2.44. The molecule has 0 N–H and O–H groups in total. The molecule has 4 rings (SSSR count). The van der Waals surface area contributed by atoms with Crippen LogP contribution in [0.15, 0.2) is 65.8 Å². The first kappa shape index (κ1) is 83.6. The number of Topliss-reactive ketones (excluding diaryl/α,β-unsaturated/α-hetero) is 1. The maximum Gasteiger partial charge on any atom is 0.306 e. The Morgan fingerprint density at radius 1 is 0.652 bits per heavy atom. The molecule has 1 aromatic heterocycles. The number of methoxy groups -OCH3 is 1. The second-order valence-electron chi connectivity index (χ2n) is 26.6. The molecule has 2 aromatic rings. The molecule has 9 nitrogen and oxygen atoms in total. The van der Waals surface area contributed by atoms with Gasteiger partial charge in [-0.25, -0.2) is 0 Å². The zero-order chi connectivity index (χ0) is 65.7. The molecule has 5 atom stereocenters. The summed E-state index contributed by atoms with van der Waals surface area (Å²) in [6.07, 6.45) is 60.4. The van der Waals surface area contributed by atoms with Gasteiger partial charge in [-0.2, -0.15) is 0 Å². The quantitative estimate of drug-likeness (QED) is 0.0367. The highest BCUT2D eigenvalue weighted by molar-refractivity contribution is 9.10. The standard InChI is InChI=1S/C54H85BrN2O5.C19H36.C5H13N.CH2O/c1-7-8-9-10-11-12-13-14-15-16-17-18-19-20-25-30-44(58)35-43(4)36-45(40-61-6)62-52(60)38-42(3)29-24-22-21-23-28-41(2)37-51(59)57-49-33-26-31-47-46-32-27-34-56(5)50(46)39-48(53(47)49)54(57)55;1-3-5-7-9-11-13-15-17-19-18-16-14-12-10-8-6-4-2;1-4-6(3)5-2;1-2/h14-15,26,31-33,41-43,45,50H,7-13,16-25,27-30,34-40H2,1-6H3;3,18-19H,1,4-17H2,2H3;4-5H2,1-3H3;1H2/b15-14-;19-18-;;. The lowest BCUT2D eigenvalue weighted by Crippen LogP contribution is -2.39. The van der Waals surface area contributed by atoms with Crippen molar-refractivity contribution in [1.29, 1.82) is 0 Å². The van der Waals surface area contributed by atoms with Gasteiger partial charge in [-0.1, -0.05) is 238 Å². The van der Waals surface area contributed by atoms with Crippen LogP contribution < -0.4 is 0 Å². The third-order valence-electron chi connectivity index (χ3n) is 18.3. The highest BCUT2D eigenvalue weighted by atomic mass is 79.9. The molecule has 2 heterocycles. The Kier molecular flexibility index (Phi) is 52.7. The largest absolute Gasteiger partial charge is 0.460 e. The normalized spacial score (nSPS) is 15.1. The third kappa shape index (κ3) is 39.0. The number of fused-ring (bicyclic) bond motifs is 2. The van der Waals surface area contributed by atoms with Crippen molar-refractivity contribution in [2.75, 3.05) is 47.4 Å². The molecule has 0 bridgehead atoms. The topological polar surface area (TPSA) is 98.2 Å². The predicted octanol–water partition coefficient (Wildman–Crippen LogP) is 22.6. The summed E-state index contributed by atoms with van der Waals surface area (Å²) in [6, 6.07) is 6.81. The lowest BCUT2D eigenvalue weighted by Gasteiger charge is -2.37. The summed E-state index contributed by atoms with van der Waals surface area (Å²) < 4.78 is 14.2. The number of likely N-dealkylation sites (N-methyl/N-ethyl adjacent to an activating group) is 1. The van der Waals surface area contributed by atoms with Crippen molar-refractivity contribution in [3.05, 3.63) is 77.0 Å². The Bertz CT molecular complexity index is 2190. The van der Waals surface area contributed by atoms with E-state index in [1.807, 2.05) is 17.4 Å². The van der Waals surface area contributed by atoms with Gasteiger partial charge >= 0.3 is 5.97 Å². The molecule has 0 radical (unpaired) electrons. The molecular formula is C79H136BrN3O6. The summed E-state index contributed by atoms with van der Waals surface area (Å²) in [6.45, 7) is 24.8. The van der Waals surface area contributed by atoms with Crippen LogP contribution in [0.2, 0.25) is 0 Å². The van der Waals surface area contributed by atoms with Crippen LogP contribution in [0.3, 0.4) is 0 Å². The number of hydrogen-bond donors (Lipinski definition) is 0. The van der Waals surface area contributed by atoms with Gasteiger partial charge in [0.05, 0.1) is 16.7 Å². The summed E-state index contributed by atoms with van der Waals surface area (Å²) >= 11 is 3.87. The number of esters is 1. The summed E-state index contributed by atoms with van der Waals surface area (Å²) in [7, 11) is 5.96. The summed E-state index contributed by atoms with van der Waals surface area (Å²) in [5, 5.41) is 1.24. The zero-order valence-electron chi connectivity index (χ0n) is 59.3. The Balaban J connectivity index is 0.00000122. The van der Waals surface area contributed by atoms with Gasteiger partial charge in [-0.3, -0.25) is 23.9 Å². The minimum absolute atomic E-state index is 0.151. The van der Waals surface area contributed by atoms with E-state index in [9.17, 15) is 14.4 Å². The third-order valence-corrected chi connectivity index (χ3v) is 19.1. The number of nitrogens with zero attached hydrogens (tertiary/aromatic N) is 3. The second-order valence-corrected chi connectivity index (χ2v) is 27.3. The van der Waals surface area contributed by atoms with E-state index in [1.165, 1.54) is 183 Å². The van der Waals surface area contributed by atoms with Crippen molar-refractivity contribution in [2.45, 2.75) is 317 Å². The lowest BCUT2D eigenvalue weighted by atomic mass is 9.82. The number of ketones is 1. The van der Waals surface area contributed by atoms with E-state index >= 15 is 0 Å². The molecule has 2 aliphatic rings. The first-order valence-electron chi connectivity index (χ1n) is 36.6. The highest BCUT2D eigenvalue weighted by Gasteiger charge is 2.34. The van der Waals surface area contributed by atoms with Crippen molar-refractivity contribution in [1.82, 2.24) is 14.4 Å². The van der Waals surface area contributed by atoms with Crippen LogP contribution in [-0.2, 0) is 30.3 Å². The number of rotatable bonds is 50. The SMILES string of the molecule is C=CCCCCCCC/C=C\CCCCCCCC.C=O.CCCCCCCC/C=C\CCCCCCCC(=O)CC(C)CC(COC)OC(=O)CC(C)CCCCCCC(C)CC(=O)n1c(Br)c2c3c(cccc31)C1=CCCN(C)C1C2.CCN(C)CC. The number of hydrogen-bond acceptors (Lipinski definition) is 8. The number of carbonyl (C=O) groups is 4. The number of halogens is 1. The number of unbranched alkanes of at least 4 members (excludes halogenated alkanes) is 26. The Hall–Kier alpha value is -3.44. The Morgan fingerprint density at radius 2 is 1.13 bits per heavy atom. The molecule has 1 aliphatic heterocycles. The van der Waals surface area contributed by atoms with Crippen molar-refractivity contribution in [3.63, 3.8) is 0 Å². The van der Waals surface area contributed by atoms with Crippen LogP contribution in [0.5, 0.6) is 0 Å². The minimum atomic E-state index is -0.321. The van der Waals surface area contributed by atoms with Gasteiger partial charge in [-0.05, 0) is 174 Å². The van der Waals surface area contributed by atoms with E-state index in [1.54, 1.807) is 7.11 Å². The van der Waals surface area contributed by atoms with E-state index in [-0.39, 0.29) is 29.8 Å². The Labute approximate surface area is 556 Å². The zero-order valence-corrected chi connectivity index (χ0v) is 60.9. The second kappa shape index (κ2) is 56.1.